The van der Waals surface area contributed by atoms with E-state index in [0.717, 1.165) is 0 Å². The molecule has 0 fully saturated rings. The summed E-state index contributed by atoms with van der Waals surface area (Å²) in [6.07, 6.45) is -2.52. The molecule has 0 aromatic carbocycles. The van der Waals surface area contributed by atoms with Gasteiger partial charge >= 0.3 is 21.4 Å². The van der Waals surface area contributed by atoms with Gasteiger partial charge in [-0.2, -0.15) is 0 Å². The maximum absolute atomic E-state index is 9.50. The maximum Gasteiger partial charge on any atom is 0.452 e. The number of rotatable bonds is 9. The van der Waals surface area contributed by atoms with Gasteiger partial charge in [0.25, 0.3) is 0 Å². The van der Waals surface area contributed by atoms with E-state index in [-0.39, 0.29) is 12.3 Å². The third kappa shape index (κ3) is 13.9. The minimum atomic E-state index is -3.01. The molecule has 0 aliphatic carbocycles. The Bertz CT molecular complexity index is 528. The van der Waals surface area contributed by atoms with Crippen molar-refractivity contribution < 1.29 is 9.84 Å². The molecule has 0 bridgehead atoms. The van der Waals surface area contributed by atoms with E-state index in [9.17, 15) is 5.11 Å². The SMILES string of the molecule is CC(O)C(C)OC[Si](C)(N=C=CN[Si](Cl)(Cl)Cl)N=C=N[Si](C)(Cl)Cl. The number of ether oxygens (including phenoxy) is 1. The summed E-state index contributed by atoms with van der Waals surface area (Å²) in [5, 5.41) is 9.50. The van der Waals surface area contributed by atoms with Gasteiger partial charge in [0.05, 0.1) is 30.6 Å². The number of aliphatic hydroxyl groups excluding tert-OH is 1. The van der Waals surface area contributed by atoms with Gasteiger partial charge in [0.15, 0.2) is 0 Å². The van der Waals surface area contributed by atoms with Crippen molar-refractivity contribution in [3.8, 4) is 0 Å². The summed E-state index contributed by atoms with van der Waals surface area (Å²) in [6.45, 7) is 4.07. The molecule has 0 heterocycles. The summed E-state index contributed by atoms with van der Waals surface area (Å²) in [4.78, 5) is 2.58. The van der Waals surface area contributed by atoms with E-state index >= 15 is 0 Å². The molecule has 0 aliphatic heterocycles. The van der Waals surface area contributed by atoms with Gasteiger partial charge in [-0.05, 0) is 32.8 Å². The van der Waals surface area contributed by atoms with Crippen LogP contribution in [0.1, 0.15) is 13.8 Å². The van der Waals surface area contributed by atoms with E-state index < -0.39 is 27.5 Å². The van der Waals surface area contributed by atoms with E-state index in [2.05, 4.69) is 30.8 Å². The van der Waals surface area contributed by atoms with Crippen molar-refractivity contribution in [1.29, 1.82) is 0 Å². The first-order chi connectivity index (χ1) is 10.7. The van der Waals surface area contributed by atoms with E-state index in [1.54, 1.807) is 26.9 Å². The van der Waals surface area contributed by atoms with Gasteiger partial charge in [-0.3, -0.25) is 4.66 Å². The van der Waals surface area contributed by atoms with Crippen molar-refractivity contribution in [3.63, 3.8) is 0 Å². The van der Waals surface area contributed by atoms with Crippen molar-refractivity contribution in [3.05, 3.63) is 6.20 Å². The lowest BCUT2D eigenvalue weighted by Crippen LogP contribution is -2.37. The average molecular weight is 489 g/mol. The molecule has 0 aromatic rings. The van der Waals surface area contributed by atoms with E-state index in [1.165, 1.54) is 6.20 Å². The highest BCUT2D eigenvalue weighted by molar-refractivity contribution is 7.63. The fourth-order valence-electron chi connectivity index (χ4n) is 1.02. The van der Waals surface area contributed by atoms with Crippen LogP contribution in [0.5, 0.6) is 0 Å². The second kappa shape index (κ2) is 10.7. The molecule has 0 saturated carbocycles. The molecule has 2 N–H and O–H groups in total. The lowest BCUT2D eigenvalue weighted by Gasteiger charge is -2.20. The topological polar surface area (TPSA) is 78.6 Å². The van der Waals surface area contributed by atoms with Crippen LogP contribution >= 0.6 is 55.4 Å². The van der Waals surface area contributed by atoms with Gasteiger partial charge in [-0.1, -0.05) is 0 Å². The fourth-order valence-corrected chi connectivity index (χ4v) is 3.66. The molecule has 0 aliphatic rings. The first-order valence-electron chi connectivity index (χ1n) is 6.74. The highest BCUT2D eigenvalue weighted by Gasteiger charge is 2.30. The zero-order valence-corrected chi connectivity index (χ0v) is 20.3. The fraction of sp³-hybridized carbons (Fsp3) is 0.700. The Morgan fingerprint density at radius 1 is 1.12 bits per heavy atom. The van der Waals surface area contributed by atoms with Crippen LogP contribution in [0, 0.1) is 0 Å². The normalized spacial score (nSPS) is 16.8. The highest BCUT2D eigenvalue weighted by Crippen LogP contribution is 2.15. The van der Waals surface area contributed by atoms with Crippen LogP contribution in [0.2, 0.25) is 13.1 Å². The molecule has 6 nitrogen and oxygen atoms in total. The molecule has 0 spiro atoms. The molecule has 0 saturated heterocycles. The minimum Gasteiger partial charge on any atom is -0.391 e. The molecular weight excluding hydrogens is 470 g/mol. The molecule has 0 radical (unpaired) electrons. The summed E-state index contributed by atoms with van der Waals surface area (Å²) in [6, 6.07) is 2.51. The van der Waals surface area contributed by atoms with E-state index in [0.29, 0.717) is 0 Å². The molecule has 3 unspecified atom stereocenters. The first kappa shape index (κ1) is 24.7. The van der Waals surface area contributed by atoms with Crippen molar-refractivity contribution in [2.45, 2.75) is 39.1 Å². The number of nitrogens with one attached hydrogen (secondary N) is 1. The monoisotopic (exact) mass is 486 g/mol. The number of hydrogen-bond donors (Lipinski definition) is 2. The van der Waals surface area contributed by atoms with Gasteiger partial charge in [0.1, 0.15) is 0 Å². The molecule has 14 heteroatoms. The van der Waals surface area contributed by atoms with Crippen molar-refractivity contribution in [2.75, 3.05) is 6.23 Å². The second-order valence-corrected chi connectivity index (χ2v) is 23.4. The molecule has 0 amide bonds. The second-order valence-electron chi connectivity index (χ2n) is 5.17. The highest BCUT2D eigenvalue weighted by atomic mass is 35.8. The van der Waals surface area contributed by atoms with Crippen molar-refractivity contribution >= 4 is 88.7 Å². The smallest absolute Gasteiger partial charge is 0.391 e. The molecule has 3 atom stereocenters. The number of hydrogen-bond acceptors (Lipinski definition) is 6. The summed E-state index contributed by atoms with van der Waals surface area (Å²) in [5.74, 6) is 2.64. The Hall–Kier alpha value is 0.651. The Balaban J connectivity index is 5.27. The third-order valence-corrected chi connectivity index (χ3v) is 6.80. The zero-order chi connectivity index (χ0) is 19.0. The molecule has 24 heavy (non-hydrogen) atoms. The Kier molecular flexibility index (Phi) is 11.0. The predicted octanol–water partition coefficient (Wildman–Crippen LogP) is 3.53. The Labute approximate surface area is 168 Å². The minimum absolute atomic E-state index is 0.177. The molecular formula is C10H19Cl5N4O2Si3. The summed E-state index contributed by atoms with van der Waals surface area (Å²) in [5.41, 5.74) is 0. The number of aliphatic hydroxyl groups is 1. The van der Waals surface area contributed by atoms with Crippen LogP contribution in [0.3, 0.4) is 0 Å². The zero-order valence-electron chi connectivity index (χ0n) is 13.5. The van der Waals surface area contributed by atoms with Crippen LogP contribution in [0.25, 0.3) is 0 Å². The van der Waals surface area contributed by atoms with E-state index in [4.69, 9.17) is 60.1 Å². The van der Waals surface area contributed by atoms with Crippen LogP contribution in [-0.2, 0) is 4.74 Å². The van der Waals surface area contributed by atoms with E-state index in [1.807, 2.05) is 0 Å². The standard InChI is InChI=1S/C10H19Cl5N4O2Si3/c1-9(20)10(2)21-8-22(3,18-7-19-23(4,11)12)16-5-6-17-24(13,14)15/h6,9-10,17,20H,8H2,1-4H3. The summed E-state index contributed by atoms with van der Waals surface area (Å²) < 4.78 is 18.0. The lowest BCUT2D eigenvalue weighted by atomic mass is 10.3. The Morgan fingerprint density at radius 2 is 1.71 bits per heavy atom. The quantitative estimate of drug-likeness (QED) is 0.296. The number of halogens is 5. The lowest BCUT2D eigenvalue weighted by molar-refractivity contribution is -0.00145. The Morgan fingerprint density at radius 3 is 2.17 bits per heavy atom. The van der Waals surface area contributed by atoms with Gasteiger partial charge in [-0.15, -0.1) is 55.4 Å². The third-order valence-electron chi connectivity index (χ3n) is 2.44. The first-order valence-corrected chi connectivity index (χ1v) is 18.8. The van der Waals surface area contributed by atoms with Crippen molar-refractivity contribution in [2.24, 2.45) is 14.0 Å². The van der Waals surface area contributed by atoms with Gasteiger partial charge in [0, 0.05) is 0 Å². The van der Waals surface area contributed by atoms with Crippen LogP contribution in [-0.4, -0.2) is 56.8 Å². The summed E-state index contributed by atoms with van der Waals surface area (Å²) in [7, 11) is -2.73. The molecule has 0 aromatic heterocycles. The van der Waals surface area contributed by atoms with Crippen LogP contribution in [0.15, 0.2) is 20.2 Å². The van der Waals surface area contributed by atoms with Crippen LogP contribution in [0.4, 0.5) is 0 Å². The van der Waals surface area contributed by atoms with Gasteiger partial charge in [-0.25, -0.2) is 9.32 Å². The number of nitrogens with zero attached hydrogens (tertiary/aromatic N) is 3. The van der Waals surface area contributed by atoms with Gasteiger partial charge < -0.3 is 14.8 Å². The predicted molar refractivity (Wildman–Crippen MR) is 110 cm³/mol. The molecule has 138 valence electrons. The molecule has 0 rings (SSSR count). The summed E-state index contributed by atoms with van der Waals surface area (Å²) >= 11 is 28.8. The van der Waals surface area contributed by atoms with Crippen molar-refractivity contribution in [1.82, 2.24) is 4.98 Å². The average Bonchev–Trinajstić information content (AvgIpc) is 2.38. The maximum atomic E-state index is 9.50. The van der Waals surface area contributed by atoms with Gasteiger partial charge in [0.2, 0.25) is 0 Å². The largest absolute Gasteiger partial charge is 0.452 e. The van der Waals surface area contributed by atoms with Crippen LogP contribution < -0.4 is 4.98 Å².